The zero-order valence-electron chi connectivity index (χ0n) is 14.7. The maximum atomic E-state index is 9.02. The van der Waals surface area contributed by atoms with Gasteiger partial charge in [-0.25, -0.2) is 0 Å². The monoisotopic (exact) mass is 336 g/mol. The molecule has 0 spiro atoms. The lowest BCUT2D eigenvalue weighted by molar-refractivity contribution is 0.166. The van der Waals surface area contributed by atoms with E-state index < -0.39 is 0 Å². The summed E-state index contributed by atoms with van der Waals surface area (Å²) in [6.07, 6.45) is 0. The van der Waals surface area contributed by atoms with Crippen LogP contribution in [0, 0.1) is 23.2 Å². The Kier molecular flexibility index (Phi) is 5.57. The maximum absolute atomic E-state index is 9.02. The summed E-state index contributed by atoms with van der Waals surface area (Å²) in [6.45, 7) is 4.85. The normalized spacial score (nSPS) is 22.8. The standard InChI is InChI=1S/C21H24N2O2/c1-15-12-23-13-18(14-25-20-5-3-4-16(10-20)11-22)21(15)17-6-8-19(24-2)9-7-17/h3-10,15,18,21,23H,12-14H2,1-2H3/t15-,18+,21+/m1/s1. The molecule has 0 aliphatic carbocycles. The van der Waals surface area contributed by atoms with Crippen LogP contribution in [0.3, 0.4) is 0 Å². The van der Waals surface area contributed by atoms with E-state index in [9.17, 15) is 0 Å². The molecule has 1 N–H and O–H groups in total. The van der Waals surface area contributed by atoms with Crippen molar-refractivity contribution in [2.45, 2.75) is 12.8 Å². The summed E-state index contributed by atoms with van der Waals surface area (Å²) in [5, 5.41) is 12.5. The lowest BCUT2D eigenvalue weighted by Gasteiger charge is -2.37. The van der Waals surface area contributed by atoms with Gasteiger partial charge in [-0.3, -0.25) is 0 Å². The Morgan fingerprint density at radius 3 is 2.64 bits per heavy atom. The molecule has 3 atom stereocenters. The van der Waals surface area contributed by atoms with Gasteiger partial charge in [0.1, 0.15) is 11.5 Å². The highest BCUT2D eigenvalue weighted by Crippen LogP contribution is 2.35. The quantitative estimate of drug-likeness (QED) is 0.907. The highest BCUT2D eigenvalue weighted by Gasteiger charge is 2.32. The van der Waals surface area contributed by atoms with E-state index in [1.54, 1.807) is 19.2 Å². The van der Waals surface area contributed by atoms with Crippen LogP contribution in [0.5, 0.6) is 11.5 Å². The lowest BCUT2D eigenvalue weighted by atomic mass is 9.75. The molecule has 0 amide bonds. The molecule has 1 aliphatic rings. The van der Waals surface area contributed by atoms with Crippen molar-refractivity contribution in [3.63, 3.8) is 0 Å². The molecule has 3 rings (SSSR count). The first-order chi connectivity index (χ1) is 12.2. The van der Waals surface area contributed by atoms with Gasteiger partial charge in [0, 0.05) is 12.5 Å². The van der Waals surface area contributed by atoms with Gasteiger partial charge < -0.3 is 14.8 Å². The first kappa shape index (κ1) is 17.3. The minimum atomic E-state index is 0.378. The maximum Gasteiger partial charge on any atom is 0.120 e. The molecule has 130 valence electrons. The summed E-state index contributed by atoms with van der Waals surface area (Å²) in [6, 6.07) is 17.9. The van der Waals surface area contributed by atoms with Crippen molar-refractivity contribution in [3.8, 4) is 17.6 Å². The molecule has 0 saturated carbocycles. The third kappa shape index (κ3) is 4.12. The molecule has 4 nitrogen and oxygen atoms in total. The molecule has 0 unspecified atom stereocenters. The van der Waals surface area contributed by atoms with Crippen LogP contribution in [0.25, 0.3) is 0 Å². The van der Waals surface area contributed by atoms with E-state index in [4.69, 9.17) is 14.7 Å². The van der Waals surface area contributed by atoms with Crippen LogP contribution in [0.2, 0.25) is 0 Å². The van der Waals surface area contributed by atoms with Gasteiger partial charge in [0.15, 0.2) is 0 Å². The van der Waals surface area contributed by atoms with E-state index >= 15 is 0 Å². The molecule has 0 aromatic heterocycles. The van der Waals surface area contributed by atoms with Crippen LogP contribution in [-0.4, -0.2) is 26.8 Å². The molecule has 1 fully saturated rings. The van der Waals surface area contributed by atoms with Crippen molar-refractivity contribution in [2.75, 3.05) is 26.8 Å². The predicted octanol–water partition coefficient (Wildman–Crippen LogP) is 3.58. The van der Waals surface area contributed by atoms with Crippen LogP contribution in [-0.2, 0) is 0 Å². The van der Waals surface area contributed by atoms with Crippen LogP contribution in [0.15, 0.2) is 48.5 Å². The Hall–Kier alpha value is -2.51. The molecule has 1 heterocycles. The van der Waals surface area contributed by atoms with Crippen molar-refractivity contribution in [1.29, 1.82) is 5.26 Å². The molecular weight excluding hydrogens is 312 g/mol. The molecular formula is C21H24N2O2. The molecule has 1 saturated heterocycles. The summed E-state index contributed by atoms with van der Waals surface area (Å²) >= 11 is 0. The third-order valence-corrected chi connectivity index (χ3v) is 4.92. The summed E-state index contributed by atoms with van der Waals surface area (Å²) in [5.41, 5.74) is 1.95. The smallest absolute Gasteiger partial charge is 0.120 e. The predicted molar refractivity (Wildman–Crippen MR) is 97.9 cm³/mol. The average Bonchev–Trinajstić information content (AvgIpc) is 2.67. The van der Waals surface area contributed by atoms with Gasteiger partial charge in [0.25, 0.3) is 0 Å². The molecule has 2 aromatic carbocycles. The number of nitrogens with one attached hydrogen (secondary N) is 1. The fourth-order valence-corrected chi connectivity index (χ4v) is 3.66. The number of nitrogens with zero attached hydrogens (tertiary/aromatic N) is 1. The Labute approximate surface area is 149 Å². The van der Waals surface area contributed by atoms with E-state index in [0.717, 1.165) is 24.6 Å². The second-order valence-corrected chi connectivity index (χ2v) is 6.65. The number of methoxy groups -OCH3 is 1. The lowest BCUT2D eigenvalue weighted by Crippen LogP contribution is -2.43. The van der Waals surface area contributed by atoms with Gasteiger partial charge in [0.2, 0.25) is 0 Å². The van der Waals surface area contributed by atoms with Crippen LogP contribution >= 0.6 is 0 Å². The highest BCUT2D eigenvalue weighted by molar-refractivity contribution is 5.36. The van der Waals surface area contributed by atoms with E-state index in [2.05, 4.69) is 30.4 Å². The Morgan fingerprint density at radius 2 is 1.92 bits per heavy atom. The highest BCUT2D eigenvalue weighted by atomic mass is 16.5. The summed E-state index contributed by atoms with van der Waals surface area (Å²) < 4.78 is 11.3. The van der Waals surface area contributed by atoms with Crippen LogP contribution in [0.1, 0.15) is 24.0 Å². The third-order valence-electron chi connectivity index (χ3n) is 4.92. The van der Waals surface area contributed by atoms with Gasteiger partial charge in [-0.15, -0.1) is 0 Å². The fraction of sp³-hybridized carbons (Fsp3) is 0.381. The summed E-state index contributed by atoms with van der Waals surface area (Å²) in [7, 11) is 1.69. The van der Waals surface area contributed by atoms with Gasteiger partial charge in [-0.05, 0) is 54.3 Å². The number of ether oxygens (including phenoxy) is 2. The Morgan fingerprint density at radius 1 is 1.12 bits per heavy atom. The van der Waals surface area contributed by atoms with Crippen molar-refractivity contribution in [3.05, 3.63) is 59.7 Å². The molecule has 0 radical (unpaired) electrons. The zero-order valence-corrected chi connectivity index (χ0v) is 14.7. The second kappa shape index (κ2) is 8.04. The molecule has 25 heavy (non-hydrogen) atoms. The van der Waals surface area contributed by atoms with Gasteiger partial charge in [-0.1, -0.05) is 25.1 Å². The van der Waals surface area contributed by atoms with Crippen molar-refractivity contribution < 1.29 is 9.47 Å². The topological polar surface area (TPSA) is 54.3 Å². The van der Waals surface area contributed by atoms with E-state index in [0.29, 0.717) is 29.9 Å². The van der Waals surface area contributed by atoms with E-state index in [1.165, 1.54) is 5.56 Å². The Bertz CT molecular complexity index is 736. The Balaban J connectivity index is 1.74. The number of piperidine rings is 1. The van der Waals surface area contributed by atoms with Crippen LogP contribution < -0.4 is 14.8 Å². The van der Waals surface area contributed by atoms with E-state index in [1.807, 2.05) is 24.3 Å². The van der Waals surface area contributed by atoms with Crippen molar-refractivity contribution in [1.82, 2.24) is 5.32 Å². The molecule has 1 aliphatic heterocycles. The number of nitriles is 1. The minimum Gasteiger partial charge on any atom is -0.497 e. The number of benzene rings is 2. The largest absolute Gasteiger partial charge is 0.497 e. The van der Waals surface area contributed by atoms with Crippen LogP contribution in [0.4, 0.5) is 0 Å². The fourth-order valence-electron chi connectivity index (χ4n) is 3.66. The van der Waals surface area contributed by atoms with Gasteiger partial charge in [0.05, 0.1) is 25.3 Å². The van der Waals surface area contributed by atoms with Crippen molar-refractivity contribution in [2.24, 2.45) is 11.8 Å². The van der Waals surface area contributed by atoms with Crippen molar-refractivity contribution >= 4 is 0 Å². The number of hydrogen-bond donors (Lipinski definition) is 1. The van der Waals surface area contributed by atoms with Gasteiger partial charge in [-0.2, -0.15) is 5.26 Å². The molecule has 0 bridgehead atoms. The average molecular weight is 336 g/mol. The second-order valence-electron chi connectivity index (χ2n) is 6.65. The number of hydrogen-bond acceptors (Lipinski definition) is 4. The summed E-state index contributed by atoms with van der Waals surface area (Å²) in [5.74, 6) is 2.98. The minimum absolute atomic E-state index is 0.378. The molecule has 4 heteroatoms. The zero-order chi connectivity index (χ0) is 17.6. The SMILES string of the molecule is COc1ccc([C@H]2[C@H](COc3cccc(C#N)c3)CNC[C@H]2C)cc1. The van der Waals surface area contributed by atoms with Gasteiger partial charge >= 0.3 is 0 Å². The molecule has 2 aromatic rings. The first-order valence-electron chi connectivity index (χ1n) is 8.69. The van der Waals surface area contributed by atoms with E-state index in [-0.39, 0.29) is 0 Å². The first-order valence-corrected chi connectivity index (χ1v) is 8.69. The number of rotatable bonds is 5. The summed E-state index contributed by atoms with van der Waals surface area (Å²) in [4.78, 5) is 0.